The topological polar surface area (TPSA) is 121 Å². The van der Waals surface area contributed by atoms with Crippen molar-refractivity contribution in [3.8, 4) is 16.9 Å². The fraction of sp³-hybridized carbons (Fsp3) is 0. The molecule has 2 N–H and O–H groups in total. The molecule has 0 fully saturated rings. The minimum atomic E-state index is -0.773. The monoisotopic (exact) mass is 386 g/mol. The highest BCUT2D eigenvalue weighted by Gasteiger charge is 2.19. The number of pyridine rings is 1. The summed E-state index contributed by atoms with van der Waals surface area (Å²) in [7, 11) is 0. The van der Waals surface area contributed by atoms with Crippen LogP contribution in [0.15, 0.2) is 87.8 Å². The normalized spacial score (nSPS) is 11.2. The molecule has 0 amide bonds. The first kappa shape index (κ1) is 18.1. The SMILES string of the molecule is O=c1[nH]c2c([N+](=O)[O-])cccc2c(O)c1N=Nc1ccccc1-c1ccccc1. The van der Waals surface area contributed by atoms with Gasteiger partial charge in [-0.1, -0.05) is 54.6 Å². The van der Waals surface area contributed by atoms with Gasteiger partial charge < -0.3 is 10.1 Å². The van der Waals surface area contributed by atoms with Crippen LogP contribution < -0.4 is 5.56 Å². The summed E-state index contributed by atoms with van der Waals surface area (Å²) in [6, 6.07) is 20.9. The number of aromatic hydroxyl groups is 1. The number of nitrogens with zero attached hydrogens (tertiary/aromatic N) is 3. The number of para-hydroxylation sites is 1. The number of hydrogen-bond acceptors (Lipinski definition) is 6. The average molecular weight is 386 g/mol. The van der Waals surface area contributed by atoms with Crippen LogP contribution in [-0.2, 0) is 0 Å². The largest absolute Gasteiger partial charge is 0.505 e. The maximum atomic E-state index is 12.4. The molecule has 0 bridgehead atoms. The third kappa shape index (κ3) is 3.34. The maximum Gasteiger partial charge on any atom is 0.293 e. The van der Waals surface area contributed by atoms with Crippen LogP contribution in [0.2, 0.25) is 0 Å². The molecule has 8 nitrogen and oxygen atoms in total. The minimum absolute atomic E-state index is 0.0661. The Morgan fingerprint density at radius 3 is 2.38 bits per heavy atom. The zero-order valence-electron chi connectivity index (χ0n) is 14.9. The average Bonchev–Trinajstić information content (AvgIpc) is 2.74. The molecule has 0 spiro atoms. The van der Waals surface area contributed by atoms with Crippen LogP contribution in [0.3, 0.4) is 0 Å². The summed E-state index contributed by atoms with van der Waals surface area (Å²) in [6.07, 6.45) is 0. The smallest absolute Gasteiger partial charge is 0.293 e. The lowest BCUT2D eigenvalue weighted by Crippen LogP contribution is -2.06. The van der Waals surface area contributed by atoms with E-state index in [1.54, 1.807) is 12.1 Å². The van der Waals surface area contributed by atoms with E-state index < -0.39 is 16.2 Å². The van der Waals surface area contributed by atoms with E-state index in [9.17, 15) is 20.0 Å². The summed E-state index contributed by atoms with van der Waals surface area (Å²) < 4.78 is 0. The van der Waals surface area contributed by atoms with Crippen molar-refractivity contribution >= 4 is 28.0 Å². The molecule has 0 aliphatic heterocycles. The summed E-state index contributed by atoms with van der Waals surface area (Å²) in [4.78, 5) is 25.4. The molecule has 0 saturated heterocycles. The molecular formula is C21H14N4O4. The standard InChI is InChI=1S/C21H14N4O4/c26-20-15-10-6-12-17(25(28)29)18(15)22-21(27)19(20)24-23-16-11-5-4-9-14(16)13-7-2-1-3-8-13/h1-12H,(H2,22,26,27). The minimum Gasteiger partial charge on any atom is -0.505 e. The Hall–Kier alpha value is -4.33. The van der Waals surface area contributed by atoms with Gasteiger partial charge in [-0.05, 0) is 17.7 Å². The van der Waals surface area contributed by atoms with Crippen molar-refractivity contribution < 1.29 is 10.0 Å². The van der Waals surface area contributed by atoms with E-state index in [0.29, 0.717) is 5.69 Å². The molecule has 8 heteroatoms. The van der Waals surface area contributed by atoms with Crippen molar-refractivity contribution in [1.29, 1.82) is 0 Å². The molecule has 29 heavy (non-hydrogen) atoms. The predicted octanol–water partition coefficient (Wildman–Crippen LogP) is 5.22. The third-order valence-electron chi connectivity index (χ3n) is 4.42. The van der Waals surface area contributed by atoms with E-state index in [4.69, 9.17) is 0 Å². The second-order valence-corrected chi connectivity index (χ2v) is 6.19. The zero-order valence-corrected chi connectivity index (χ0v) is 14.9. The summed E-state index contributed by atoms with van der Waals surface area (Å²) in [5, 5.41) is 29.9. The summed E-state index contributed by atoms with van der Waals surface area (Å²) in [5.74, 6) is -0.464. The highest BCUT2D eigenvalue weighted by Crippen LogP contribution is 2.36. The number of azo groups is 1. The molecule has 1 aromatic heterocycles. The quantitative estimate of drug-likeness (QED) is 0.283. The van der Waals surface area contributed by atoms with Crippen molar-refractivity contribution in [1.82, 2.24) is 4.98 Å². The number of nitrogens with one attached hydrogen (secondary N) is 1. The first-order chi connectivity index (χ1) is 14.1. The first-order valence-corrected chi connectivity index (χ1v) is 8.65. The highest BCUT2D eigenvalue weighted by molar-refractivity contribution is 5.94. The molecule has 0 unspecified atom stereocenters. The number of benzene rings is 3. The molecule has 0 atom stereocenters. The second kappa shape index (κ2) is 7.35. The number of fused-ring (bicyclic) bond motifs is 1. The van der Waals surface area contributed by atoms with Gasteiger partial charge >= 0.3 is 0 Å². The van der Waals surface area contributed by atoms with Gasteiger partial charge in [0.25, 0.3) is 11.2 Å². The van der Waals surface area contributed by atoms with E-state index in [0.717, 1.165) is 11.1 Å². The number of H-pyrrole nitrogens is 1. The number of nitro groups is 1. The van der Waals surface area contributed by atoms with Crippen LogP contribution in [0.1, 0.15) is 0 Å². The fourth-order valence-electron chi connectivity index (χ4n) is 3.05. The van der Waals surface area contributed by atoms with Crippen molar-refractivity contribution in [2.24, 2.45) is 10.2 Å². The lowest BCUT2D eigenvalue weighted by Gasteiger charge is -2.06. The van der Waals surface area contributed by atoms with Gasteiger partial charge in [-0.25, -0.2) is 0 Å². The third-order valence-corrected chi connectivity index (χ3v) is 4.42. The Morgan fingerprint density at radius 1 is 0.897 bits per heavy atom. The summed E-state index contributed by atoms with van der Waals surface area (Å²) in [5.41, 5.74) is 0.776. The van der Waals surface area contributed by atoms with Gasteiger partial charge in [-0.3, -0.25) is 14.9 Å². The van der Waals surface area contributed by atoms with Crippen LogP contribution in [0.5, 0.6) is 5.75 Å². The molecular weight excluding hydrogens is 372 g/mol. The van der Waals surface area contributed by atoms with Crippen molar-refractivity contribution in [3.63, 3.8) is 0 Å². The number of hydrogen-bond donors (Lipinski definition) is 2. The van der Waals surface area contributed by atoms with Gasteiger partial charge in [0.15, 0.2) is 11.4 Å². The number of nitro benzene ring substituents is 1. The molecule has 4 rings (SSSR count). The number of non-ortho nitro benzene ring substituents is 1. The molecule has 0 saturated carbocycles. The van der Waals surface area contributed by atoms with Gasteiger partial charge in [0.2, 0.25) is 0 Å². The highest BCUT2D eigenvalue weighted by atomic mass is 16.6. The number of rotatable bonds is 4. The van der Waals surface area contributed by atoms with E-state index in [1.165, 1.54) is 18.2 Å². The van der Waals surface area contributed by atoms with E-state index in [1.807, 2.05) is 42.5 Å². The van der Waals surface area contributed by atoms with E-state index in [2.05, 4.69) is 15.2 Å². The number of aromatic amines is 1. The van der Waals surface area contributed by atoms with Gasteiger partial charge in [0.1, 0.15) is 5.52 Å². The van der Waals surface area contributed by atoms with Crippen LogP contribution in [0, 0.1) is 10.1 Å². The van der Waals surface area contributed by atoms with Crippen LogP contribution >= 0.6 is 0 Å². The zero-order chi connectivity index (χ0) is 20.4. The first-order valence-electron chi connectivity index (χ1n) is 8.65. The molecule has 4 aromatic rings. The Kier molecular flexibility index (Phi) is 4.58. The Bertz CT molecular complexity index is 1310. The fourth-order valence-corrected chi connectivity index (χ4v) is 3.05. The van der Waals surface area contributed by atoms with Gasteiger partial charge in [-0.15, -0.1) is 10.2 Å². The predicted molar refractivity (Wildman–Crippen MR) is 109 cm³/mol. The van der Waals surface area contributed by atoms with Crippen LogP contribution in [0.25, 0.3) is 22.0 Å². The molecule has 3 aromatic carbocycles. The summed E-state index contributed by atoms with van der Waals surface area (Å²) in [6.45, 7) is 0. The molecule has 142 valence electrons. The summed E-state index contributed by atoms with van der Waals surface area (Å²) >= 11 is 0. The Labute approximate surface area is 164 Å². The maximum absolute atomic E-state index is 12.4. The van der Waals surface area contributed by atoms with Gasteiger partial charge in [0.05, 0.1) is 10.6 Å². The second-order valence-electron chi connectivity index (χ2n) is 6.19. The Morgan fingerprint density at radius 2 is 1.62 bits per heavy atom. The lowest BCUT2D eigenvalue weighted by molar-refractivity contribution is -0.383. The molecule has 0 aliphatic rings. The van der Waals surface area contributed by atoms with Crippen LogP contribution in [0.4, 0.5) is 17.1 Å². The van der Waals surface area contributed by atoms with Crippen LogP contribution in [-0.4, -0.2) is 15.0 Å². The Balaban J connectivity index is 1.83. The van der Waals surface area contributed by atoms with Crippen molar-refractivity contribution in [2.75, 3.05) is 0 Å². The molecule has 0 aliphatic carbocycles. The lowest BCUT2D eigenvalue weighted by atomic mass is 10.0. The van der Waals surface area contributed by atoms with E-state index >= 15 is 0 Å². The molecule has 0 radical (unpaired) electrons. The number of aromatic nitrogens is 1. The van der Waals surface area contributed by atoms with Crippen molar-refractivity contribution in [2.45, 2.75) is 0 Å². The molecule has 1 heterocycles. The van der Waals surface area contributed by atoms with Gasteiger partial charge in [0, 0.05) is 17.0 Å². The van der Waals surface area contributed by atoms with Crippen molar-refractivity contribution in [3.05, 3.63) is 93.3 Å². The van der Waals surface area contributed by atoms with E-state index in [-0.39, 0.29) is 22.3 Å². The van der Waals surface area contributed by atoms with Gasteiger partial charge in [-0.2, -0.15) is 0 Å².